The maximum atomic E-state index is 11.1. The van der Waals surface area contributed by atoms with Crippen molar-refractivity contribution in [3.05, 3.63) is 0 Å². The standard InChI is InChI=1S/C8H16N2O4/c1-8(2,7(12)13)10-6(11)5-14-4-3-9/h3-5,9H2,1-2H3,(H,10,11)(H,12,13). The maximum absolute atomic E-state index is 11.1. The van der Waals surface area contributed by atoms with Crippen LogP contribution in [0.1, 0.15) is 13.8 Å². The average molecular weight is 204 g/mol. The predicted octanol–water partition coefficient (Wildman–Crippen LogP) is -1.06. The van der Waals surface area contributed by atoms with Crippen LogP contribution >= 0.6 is 0 Å². The molecule has 0 heterocycles. The monoisotopic (exact) mass is 204 g/mol. The van der Waals surface area contributed by atoms with Gasteiger partial charge in [-0.2, -0.15) is 0 Å². The first-order valence-electron chi connectivity index (χ1n) is 4.22. The Morgan fingerprint density at radius 1 is 1.50 bits per heavy atom. The number of carbonyl (C=O) groups is 2. The minimum absolute atomic E-state index is 0.173. The highest BCUT2D eigenvalue weighted by Gasteiger charge is 2.28. The lowest BCUT2D eigenvalue weighted by Crippen LogP contribution is -2.50. The number of carbonyl (C=O) groups excluding carboxylic acids is 1. The number of carboxylic acids is 1. The molecule has 0 aliphatic heterocycles. The average Bonchev–Trinajstić information content (AvgIpc) is 2.03. The number of hydrogen-bond acceptors (Lipinski definition) is 4. The van der Waals surface area contributed by atoms with E-state index in [0.717, 1.165) is 0 Å². The van der Waals surface area contributed by atoms with Gasteiger partial charge < -0.3 is 20.9 Å². The molecule has 0 aromatic rings. The Morgan fingerprint density at radius 3 is 2.50 bits per heavy atom. The summed E-state index contributed by atoms with van der Waals surface area (Å²) in [6, 6.07) is 0. The molecule has 0 radical (unpaired) electrons. The maximum Gasteiger partial charge on any atom is 0.328 e. The normalized spacial score (nSPS) is 11.1. The van der Waals surface area contributed by atoms with Crippen molar-refractivity contribution in [2.75, 3.05) is 19.8 Å². The summed E-state index contributed by atoms with van der Waals surface area (Å²) in [6.07, 6.45) is 0. The lowest BCUT2D eigenvalue weighted by molar-refractivity contribution is -0.146. The molecule has 0 aromatic carbocycles. The Kier molecular flexibility index (Phi) is 5.11. The van der Waals surface area contributed by atoms with Gasteiger partial charge in [0.05, 0.1) is 6.61 Å². The Hall–Kier alpha value is -1.14. The summed E-state index contributed by atoms with van der Waals surface area (Å²) < 4.78 is 4.84. The number of ether oxygens (including phenoxy) is 1. The molecule has 6 nitrogen and oxygen atoms in total. The smallest absolute Gasteiger partial charge is 0.328 e. The van der Waals surface area contributed by atoms with Gasteiger partial charge in [0.15, 0.2) is 0 Å². The highest BCUT2D eigenvalue weighted by atomic mass is 16.5. The van der Waals surface area contributed by atoms with Gasteiger partial charge in [-0.25, -0.2) is 4.79 Å². The van der Waals surface area contributed by atoms with Gasteiger partial charge >= 0.3 is 5.97 Å². The van der Waals surface area contributed by atoms with E-state index in [2.05, 4.69) is 5.32 Å². The predicted molar refractivity (Wildman–Crippen MR) is 49.7 cm³/mol. The van der Waals surface area contributed by atoms with Crippen LogP contribution in [0.2, 0.25) is 0 Å². The Bertz CT molecular complexity index is 215. The van der Waals surface area contributed by atoms with Crippen LogP contribution in [-0.2, 0) is 14.3 Å². The summed E-state index contributed by atoms with van der Waals surface area (Å²) in [5, 5.41) is 11.0. The first-order chi connectivity index (χ1) is 6.40. The summed E-state index contributed by atoms with van der Waals surface area (Å²) in [4.78, 5) is 21.7. The molecule has 14 heavy (non-hydrogen) atoms. The Morgan fingerprint density at radius 2 is 2.07 bits per heavy atom. The largest absolute Gasteiger partial charge is 0.480 e. The zero-order valence-corrected chi connectivity index (χ0v) is 8.37. The third-order valence-corrected chi connectivity index (χ3v) is 1.48. The number of hydrogen-bond donors (Lipinski definition) is 3. The SMILES string of the molecule is CC(C)(NC(=O)COCCN)C(=O)O. The topological polar surface area (TPSA) is 102 Å². The van der Waals surface area contributed by atoms with Crippen molar-refractivity contribution in [3.8, 4) is 0 Å². The van der Waals surface area contributed by atoms with Gasteiger partial charge in [-0.05, 0) is 13.8 Å². The van der Waals surface area contributed by atoms with E-state index in [4.69, 9.17) is 15.6 Å². The minimum atomic E-state index is -1.27. The molecule has 6 heteroatoms. The van der Waals surface area contributed by atoms with E-state index < -0.39 is 17.4 Å². The fourth-order valence-corrected chi connectivity index (χ4v) is 0.686. The number of rotatable bonds is 6. The van der Waals surface area contributed by atoms with Crippen LogP contribution in [0, 0.1) is 0 Å². The van der Waals surface area contributed by atoms with Gasteiger partial charge in [0.25, 0.3) is 0 Å². The van der Waals surface area contributed by atoms with E-state index in [0.29, 0.717) is 6.54 Å². The van der Waals surface area contributed by atoms with Crippen LogP contribution in [0.15, 0.2) is 0 Å². The van der Waals surface area contributed by atoms with E-state index in [9.17, 15) is 9.59 Å². The lowest BCUT2D eigenvalue weighted by atomic mass is 10.1. The summed E-state index contributed by atoms with van der Waals surface area (Å²) >= 11 is 0. The number of nitrogens with two attached hydrogens (primary N) is 1. The summed E-state index contributed by atoms with van der Waals surface area (Å²) in [5.41, 5.74) is 3.86. The van der Waals surface area contributed by atoms with Gasteiger partial charge in [-0.1, -0.05) is 0 Å². The van der Waals surface area contributed by atoms with Crippen LogP contribution in [0.25, 0.3) is 0 Å². The highest BCUT2D eigenvalue weighted by molar-refractivity contribution is 5.86. The van der Waals surface area contributed by atoms with Crippen molar-refractivity contribution in [3.63, 3.8) is 0 Å². The molecule has 0 fully saturated rings. The molecule has 0 saturated heterocycles. The number of nitrogens with one attached hydrogen (secondary N) is 1. The first-order valence-corrected chi connectivity index (χ1v) is 4.22. The van der Waals surface area contributed by atoms with Crippen molar-refractivity contribution in [1.29, 1.82) is 0 Å². The van der Waals surface area contributed by atoms with Crippen molar-refractivity contribution < 1.29 is 19.4 Å². The second kappa shape index (κ2) is 5.56. The molecule has 0 saturated carbocycles. The van der Waals surface area contributed by atoms with Crippen molar-refractivity contribution in [2.24, 2.45) is 5.73 Å². The van der Waals surface area contributed by atoms with Gasteiger partial charge in [0.1, 0.15) is 12.1 Å². The molecule has 0 spiro atoms. The number of amides is 1. The van der Waals surface area contributed by atoms with Crippen LogP contribution in [0.3, 0.4) is 0 Å². The van der Waals surface area contributed by atoms with Crippen molar-refractivity contribution in [2.45, 2.75) is 19.4 Å². The highest BCUT2D eigenvalue weighted by Crippen LogP contribution is 2.00. The molecule has 0 rings (SSSR count). The number of aliphatic carboxylic acids is 1. The van der Waals surface area contributed by atoms with Gasteiger partial charge in [-0.15, -0.1) is 0 Å². The third-order valence-electron chi connectivity index (χ3n) is 1.48. The van der Waals surface area contributed by atoms with Gasteiger partial charge in [-0.3, -0.25) is 4.79 Å². The van der Waals surface area contributed by atoms with Crippen LogP contribution in [0.4, 0.5) is 0 Å². The molecule has 1 amide bonds. The quantitative estimate of drug-likeness (QED) is 0.479. The van der Waals surface area contributed by atoms with Crippen molar-refractivity contribution >= 4 is 11.9 Å². The minimum Gasteiger partial charge on any atom is -0.480 e. The van der Waals surface area contributed by atoms with Crippen LogP contribution in [0.5, 0.6) is 0 Å². The number of carboxylic acid groups (broad SMARTS) is 1. The van der Waals surface area contributed by atoms with E-state index in [1.54, 1.807) is 0 Å². The molecule has 4 N–H and O–H groups in total. The molecular weight excluding hydrogens is 188 g/mol. The fourth-order valence-electron chi connectivity index (χ4n) is 0.686. The Labute approximate surface area is 82.4 Å². The van der Waals surface area contributed by atoms with Gasteiger partial charge in [0, 0.05) is 6.54 Å². The molecule has 0 bridgehead atoms. The zero-order valence-electron chi connectivity index (χ0n) is 8.37. The van der Waals surface area contributed by atoms with E-state index in [-0.39, 0.29) is 13.2 Å². The molecule has 82 valence electrons. The van der Waals surface area contributed by atoms with Crippen LogP contribution < -0.4 is 11.1 Å². The Balaban J connectivity index is 3.88. The zero-order chi connectivity index (χ0) is 11.2. The molecule has 0 atom stereocenters. The van der Waals surface area contributed by atoms with E-state index >= 15 is 0 Å². The van der Waals surface area contributed by atoms with Crippen molar-refractivity contribution in [1.82, 2.24) is 5.32 Å². The summed E-state index contributed by atoms with van der Waals surface area (Å²) in [6.45, 7) is 3.23. The van der Waals surface area contributed by atoms with Gasteiger partial charge in [0.2, 0.25) is 5.91 Å². The van der Waals surface area contributed by atoms with Crippen LogP contribution in [-0.4, -0.2) is 42.3 Å². The molecule has 0 aliphatic rings. The second-order valence-corrected chi connectivity index (χ2v) is 3.32. The first kappa shape index (κ1) is 12.9. The van der Waals surface area contributed by atoms with E-state index in [1.165, 1.54) is 13.8 Å². The lowest BCUT2D eigenvalue weighted by Gasteiger charge is -2.20. The summed E-state index contributed by atoms with van der Waals surface area (Å²) in [5.74, 6) is -1.56. The molecule has 0 unspecified atom stereocenters. The van der Waals surface area contributed by atoms with E-state index in [1.807, 2.05) is 0 Å². The molecular formula is C8H16N2O4. The summed E-state index contributed by atoms with van der Waals surface area (Å²) in [7, 11) is 0. The third kappa shape index (κ3) is 4.78. The molecule has 0 aromatic heterocycles. The second-order valence-electron chi connectivity index (χ2n) is 3.32. The molecule has 0 aliphatic carbocycles. The fraction of sp³-hybridized carbons (Fsp3) is 0.750.